The third kappa shape index (κ3) is 0.894. The van der Waals surface area contributed by atoms with E-state index >= 15 is 0 Å². The molecule has 2 unspecified atom stereocenters. The molecule has 1 aromatic carbocycles. The van der Waals surface area contributed by atoms with Crippen molar-refractivity contribution in [1.82, 2.24) is 0 Å². The second-order valence-corrected chi connectivity index (χ2v) is 4.11. The molecule has 0 radical (unpaired) electrons. The quantitative estimate of drug-likeness (QED) is 0.697. The van der Waals surface area contributed by atoms with Gasteiger partial charge in [0.2, 0.25) is 0 Å². The summed E-state index contributed by atoms with van der Waals surface area (Å²) in [6, 6.07) is 3.49. The van der Waals surface area contributed by atoms with Crippen LogP contribution in [0.2, 0.25) is 0 Å². The molecule has 0 aromatic heterocycles. The largest absolute Gasteiger partial charge is 0.326 e. The highest BCUT2D eigenvalue weighted by atomic mass is 19.1. The smallest absolute Gasteiger partial charge is 0.127 e. The number of hydrogen-bond acceptors (Lipinski definition) is 1. The fraction of sp³-hybridized carbons (Fsp3) is 0.455. The standard InChI is InChI=1S/C11H12FN/c12-10-2-1-6-3-7-4-8(7)11(6)9(10)5-13/h1-2,7-8H,3-5,13H2. The summed E-state index contributed by atoms with van der Waals surface area (Å²) in [7, 11) is 0. The minimum atomic E-state index is -0.117. The maximum atomic E-state index is 13.4. The van der Waals surface area contributed by atoms with Crippen molar-refractivity contribution >= 4 is 0 Å². The second kappa shape index (κ2) is 2.32. The molecule has 1 nitrogen and oxygen atoms in total. The van der Waals surface area contributed by atoms with Gasteiger partial charge in [-0.1, -0.05) is 6.07 Å². The van der Waals surface area contributed by atoms with E-state index in [-0.39, 0.29) is 5.82 Å². The van der Waals surface area contributed by atoms with E-state index in [1.807, 2.05) is 6.07 Å². The van der Waals surface area contributed by atoms with Gasteiger partial charge >= 0.3 is 0 Å². The van der Waals surface area contributed by atoms with Crippen LogP contribution in [-0.4, -0.2) is 0 Å². The highest BCUT2D eigenvalue weighted by Gasteiger charge is 2.46. The molecule has 1 fully saturated rings. The van der Waals surface area contributed by atoms with Gasteiger partial charge in [0, 0.05) is 12.1 Å². The zero-order chi connectivity index (χ0) is 9.00. The molecule has 2 atom stereocenters. The Hall–Kier alpha value is -0.890. The molecule has 2 aliphatic rings. The van der Waals surface area contributed by atoms with E-state index in [4.69, 9.17) is 5.73 Å². The van der Waals surface area contributed by atoms with Gasteiger partial charge in [0.25, 0.3) is 0 Å². The minimum absolute atomic E-state index is 0.117. The fourth-order valence-corrected chi connectivity index (χ4v) is 2.64. The third-order valence-corrected chi connectivity index (χ3v) is 3.37. The number of benzene rings is 1. The molecule has 13 heavy (non-hydrogen) atoms. The Morgan fingerprint density at radius 3 is 3.08 bits per heavy atom. The Balaban J connectivity index is 2.21. The molecule has 2 N–H and O–H groups in total. The van der Waals surface area contributed by atoms with Gasteiger partial charge in [0.15, 0.2) is 0 Å². The van der Waals surface area contributed by atoms with Gasteiger partial charge in [-0.2, -0.15) is 0 Å². The number of rotatable bonds is 1. The number of nitrogens with two attached hydrogens (primary N) is 1. The van der Waals surface area contributed by atoms with Crippen LogP contribution in [0, 0.1) is 11.7 Å². The minimum Gasteiger partial charge on any atom is -0.326 e. The van der Waals surface area contributed by atoms with E-state index in [9.17, 15) is 4.39 Å². The summed E-state index contributed by atoms with van der Waals surface area (Å²) in [5, 5.41) is 0. The van der Waals surface area contributed by atoms with E-state index in [2.05, 4.69) is 0 Å². The number of hydrogen-bond donors (Lipinski definition) is 1. The van der Waals surface area contributed by atoms with Crippen LogP contribution in [0.15, 0.2) is 12.1 Å². The highest BCUT2D eigenvalue weighted by molar-refractivity contribution is 5.47. The van der Waals surface area contributed by atoms with Crippen LogP contribution < -0.4 is 5.73 Å². The molecule has 0 amide bonds. The van der Waals surface area contributed by atoms with E-state index in [0.717, 1.165) is 17.9 Å². The van der Waals surface area contributed by atoms with Crippen LogP contribution in [0.5, 0.6) is 0 Å². The summed E-state index contributed by atoms with van der Waals surface area (Å²) >= 11 is 0. The Morgan fingerprint density at radius 2 is 2.31 bits per heavy atom. The summed E-state index contributed by atoms with van der Waals surface area (Å²) in [4.78, 5) is 0. The molecule has 68 valence electrons. The summed E-state index contributed by atoms with van der Waals surface area (Å²) < 4.78 is 13.4. The van der Waals surface area contributed by atoms with Crippen molar-refractivity contribution in [2.45, 2.75) is 25.3 Å². The lowest BCUT2D eigenvalue weighted by Gasteiger charge is -2.09. The summed E-state index contributed by atoms with van der Waals surface area (Å²) in [6.45, 7) is 0.345. The molecule has 0 saturated heterocycles. The van der Waals surface area contributed by atoms with Crippen molar-refractivity contribution in [2.24, 2.45) is 11.7 Å². The van der Waals surface area contributed by atoms with Crippen LogP contribution in [0.3, 0.4) is 0 Å². The van der Waals surface area contributed by atoms with Gasteiger partial charge in [0.05, 0.1) is 0 Å². The normalized spacial score (nSPS) is 28.5. The van der Waals surface area contributed by atoms with Gasteiger partial charge < -0.3 is 5.73 Å². The molecule has 1 saturated carbocycles. The van der Waals surface area contributed by atoms with Crippen LogP contribution >= 0.6 is 0 Å². The molecule has 1 aromatic rings. The van der Waals surface area contributed by atoms with Gasteiger partial charge in [-0.15, -0.1) is 0 Å². The van der Waals surface area contributed by atoms with Crippen molar-refractivity contribution in [1.29, 1.82) is 0 Å². The molecular formula is C11H12FN. The fourth-order valence-electron chi connectivity index (χ4n) is 2.64. The third-order valence-electron chi connectivity index (χ3n) is 3.37. The van der Waals surface area contributed by atoms with Crippen LogP contribution in [0.4, 0.5) is 4.39 Å². The molecule has 3 rings (SSSR count). The lowest BCUT2D eigenvalue weighted by atomic mass is 9.99. The first kappa shape index (κ1) is 7.51. The maximum Gasteiger partial charge on any atom is 0.127 e. The zero-order valence-electron chi connectivity index (χ0n) is 7.39. The van der Waals surface area contributed by atoms with Crippen LogP contribution in [-0.2, 0) is 13.0 Å². The van der Waals surface area contributed by atoms with Gasteiger partial charge in [-0.3, -0.25) is 0 Å². The van der Waals surface area contributed by atoms with Gasteiger partial charge in [-0.05, 0) is 41.9 Å². The molecule has 0 bridgehead atoms. The van der Waals surface area contributed by atoms with E-state index in [1.54, 1.807) is 6.07 Å². The van der Waals surface area contributed by atoms with Crippen molar-refractivity contribution in [3.05, 3.63) is 34.6 Å². The zero-order valence-corrected chi connectivity index (χ0v) is 7.39. The molecule has 0 heterocycles. The predicted molar refractivity (Wildman–Crippen MR) is 48.8 cm³/mol. The lowest BCUT2D eigenvalue weighted by Crippen LogP contribution is -2.05. The molecule has 0 aliphatic heterocycles. The molecule has 2 aliphatic carbocycles. The molecule has 0 spiro atoms. The Morgan fingerprint density at radius 1 is 1.46 bits per heavy atom. The molecule has 2 heteroatoms. The first-order valence-electron chi connectivity index (χ1n) is 4.81. The van der Waals surface area contributed by atoms with Crippen molar-refractivity contribution in [3.8, 4) is 0 Å². The highest BCUT2D eigenvalue weighted by Crippen LogP contribution is 2.57. The SMILES string of the molecule is NCc1c(F)ccc2c1C1CC1C2. The number of halogens is 1. The van der Waals surface area contributed by atoms with E-state index in [0.29, 0.717) is 12.5 Å². The summed E-state index contributed by atoms with van der Waals surface area (Å²) in [5.41, 5.74) is 8.91. The van der Waals surface area contributed by atoms with E-state index in [1.165, 1.54) is 17.5 Å². The first-order valence-corrected chi connectivity index (χ1v) is 4.81. The number of fused-ring (bicyclic) bond motifs is 3. The lowest BCUT2D eigenvalue weighted by molar-refractivity contribution is 0.606. The summed E-state index contributed by atoms with van der Waals surface area (Å²) in [5.74, 6) is 1.33. The summed E-state index contributed by atoms with van der Waals surface area (Å²) in [6.07, 6.45) is 2.40. The van der Waals surface area contributed by atoms with Crippen molar-refractivity contribution < 1.29 is 4.39 Å². The Bertz CT molecular complexity index is 373. The molecular weight excluding hydrogens is 165 g/mol. The first-order chi connectivity index (χ1) is 6.31. The van der Waals surface area contributed by atoms with Gasteiger partial charge in [0.1, 0.15) is 5.82 Å². The van der Waals surface area contributed by atoms with Crippen LogP contribution in [0.1, 0.15) is 29.0 Å². The van der Waals surface area contributed by atoms with Crippen LogP contribution in [0.25, 0.3) is 0 Å². The van der Waals surface area contributed by atoms with Crippen molar-refractivity contribution in [2.75, 3.05) is 0 Å². The predicted octanol–water partition coefficient (Wildman–Crippen LogP) is 1.94. The van der Waals surface area contributed by atoms with Crippen molar-refractivity contribution in [3.63, 3.8) is 0 Å². The average molecular weight is 177 g/mol. The Kier molecular flexibility index (Phi) is 1.34. The second-order valence-electron chi connectivity index (χ2n) is 4.11. The maximum absolute atomic E-state index is 13.4. The average Bonchev–Trinajstić information content (AvgIpc) is 2.80. The van der Waals surface area contributed by atoms with E-state index < -0.39 is 0 Å². The monoisotopic (exact) mass is 177 g/mol. The van der Waals surface area contributed by atoms with Gasteiger partial charge in [-0.25, -0.2) is 4.39 Å². The Labute approximate surface area is 76.7 Å². The topological polar surface area (TPSA) is 26.0 Å².